The van der Waals surface area contributed by atoms with E-state index in [1.165, 1.54) is 0 Å². The van der Waals surface area contributed by atoms with Gasteiger partial charge in [-0.25, -0.2) is 0 Å². The third-order valence-corrected chi connectivity index (χ3v) is 3.05. The first-order chi connectivity index (χ1) is 9.40. The molecule has 0 spiro atoms. The molecular formula is C13H13ClF3NO2. The Morgan fingerprint density at radius 1 is 1.40 bits per heavy atom. The van der Waals surface area contributed by atoms with Gasteiger partial charge in [0, 0.05) is 5.39 Å². The quantitative estimate of drug-likeness (QED) is 0.909. The van der Waals surface area contributed by atoms with Crippen molar-refractivity contribution >= 4 is 22.6 Å². The Labute approximate surface area is 118 Å². The summed E-state index contributed by atoms with van der Waals surface area (Å²) in [7, 11) is 1.62. The van der Waals surface area contributed by atoms with Crippen LogP contribution in [0.1, 0.15) is 11.8 Å². The third-order valence-electron chi connectivity index (χ3n) is 2.76. The number of benzene rings is 1. The molecule has 20 heavy (non-hydrogen) atoms. The number of alkyl halides is 3. The molecule has 0 fully saturated rings. The van der Waals surface area contributed by atoms with E-state index < -0.39 is 18.8 Å². The fourth-order valence-corrected chi connectivity index (χ4v) is 2.04. The molecule has 0 amide bonds. The molecule has 1 aromatic carbocycles. The predicted molar refractivity (Wildman–Crippen MR) is 69.9 cm³/mol. The minimum atomic E-state index is -4.34. The fraction of sp³-hybridized carbons (Fsp3) is 0.385. The van der Waals surface area contributed by atoms with Crippen molar-refractivity contribution in [2.24, 2.45) is 0 Å². The number of fused-ring (bicyclic) bond motifs is 1. The monoisotopic (exact) mass is 307 g/mol. The lowest BCUT2D eigenvalue weighted by Crippen LogP contribution is -2.25. The number of furan rings is 1. The first kappa shape index (κ1) is 15.2. The summed E-state index contributed by atoms with van der Waals surface area (Å²) in [4.78, 5) is 0. The third kappa shape index (κ3) is 3.65. The lowest BCUT2D eigenvalue weighted by molar-refractivity contribution is -0.175. The Balaban J connectivity index is 2.11. The van der Waals surface area contributed by atoms with Gasteiger partial charge in [0.2, 0.25) is 0 Å². The summed E-state index contributed by atoms with van der Waals surface area (Å²) >= 11 is 5.99. The van der Waals surface area contributed by atoms with Gasteiger partial charge in [-0.15, -0.1) is 0 Å². The number of likely N-dealkylation sites (N-methyl/N-ethyl adjacent to an activating group) is 1. The van der Waals surface area contributed by atoms with Gasteiger partial charge in [0.05, 0.1) is 17.7 Å². The van der Waals surface area contributed by atoms with Gasteiger partial charge in [-0.3, -0.25) is 0 Å². The molecule has 0 saturated carbocycles. The zero-order valence-corrected chi connectivity index (χ0v) is 11.4. The van der Waals surface area contributed by atoms with Crippen LogP contribution in [0.15, 0.2) is 28.7 Å². The first-order valence-electron chi connectivity index (χ1n) is 5.90. The molecule has 1 unspecified atom stereocenters. The average molecular weight is 308 g/mol. The van der Waals surface area contributed by atoms with Crippen molar-refractivity contribution in [3.8, 4) is 0 Å². The van der Waals surface area contributed by atoms with Gasteiger partial charge >= 0.3 is 6.18 Å². The van der Waals surface area contributed by atoms with Gasteiger partial charge in [-0.2, -0.15) is 13.2 Å². The second kappa shape index (κ2) is 6.03. The molecule has 0 bridgehead atoms. The molecule has 1 aromatic heterocycles. The van der Waals surface area contributed by atoms with Gasteiger partial charge in [-0.1, -0.05) is 23.7 Å². The highest BCUT2D eigenvalue weighted by Gasteiger charge is 2.28. The van der Waals surface area contributed by atoms with Gasteiger partial charge in [0.15, 0.2) is 5.58 Å². The molecule has 0 aliphatic rings. The standard InChI is InChI=1S/C13H13ClF3NO2/c1-18-10(6-19-7-13(15,16)17)11-5-8-3-2-4-9(14)12(8)20-11/h2-5,10,18H,6-7H2,1H3. The Morgan fingerprint density at radius 3 is 2.75 bits per heavy atom. The van der Waals surface area contributed by atoms with Crippen molar-refractivity contribution < 1.29 is 22.3 Å². The van der Waals surface area contributed by atoms with Crippen LogP contribution in [-0.2, 0) is 4.74 Å². The average Bonchev–Trinajstić information content (AvgIpc) is 2.78. The largest absolute Gasteiger partial charge is 0.458 e. The Morgan fingerprint density at radius 2 is 2.15 bits per heavy atom. The minimum absolute atomic E-state index is 0.145. The minimum Gasteiger partial charge on any atom is -0.458 e. The van der Waals surface area contributed by atoms with Crippen LogP contribution in [0.4, 0.5) is 13.2 Å². The Bertz CT molecular complexity index is 582. The van der Waals surface area contributed by atoms with Crippen LogP contribution in [-0.4, -0.2) is 26.4 Å². The lowest BCUT2D eigenvalue weighted by atomic mass is 10.2. The number of rotatable bonds is 5. The van der Waals surface area contributed by atoms with Crippen LogP contribution in [0.3, 0.4) is 0 Å². The number of hydrogen-bond donors (Lipinski definition) is 1. The smallest absolute Gasteiger partial charge is 0.411 e. The molecule has 0 aliphatic carbocycles. The summed E-state index contributed by atoms with van der Waals surface area (Å²) in [5.74, 6) is 0.484. The van der Waals surface area contributed by atoms with E-state index in [2.05, 4.69) is 10.1 Å². The van der Waals surface area contributed by atoms with Crippen LogP contribution in [0.25, 0.3) is 11.0 Å². The van der Waals surface area contributed by atoms with Crippen molar-refractivity contribution in [2.75, 3.05) is 20.3 Å². The number of para-hydroxylation sites is 1. The zero-order chi connectivity index (χ0) is 14.8. The van der Waals surface area contributed by atoms with E-state index in [0.29, 0.717) is 16.4 Å². The van der Waals surface area contributed by atoms with Crippen LogP contribution in [0, 0.1) is 0 Å². The van der Waals surface area contributed by atoms with E-state index in [4.69, 9.17) is 16.0 Å². The van der Waals surface area contributed by atoms with E-state index in [9.17, 15) is 13.2 Å². The molecule has 2 aromatic rings. The van der Waals surface area contributed by atoms with Gasteiger partial charge in [-0.05, 0) is 19.2 Å². The normalized spacial score (nSPS) is 13.8. The number of ether oxygens (including phenoxy) is 1. The number of halogens is 4. The molecule has 1 N–H and O–H groups in total. The van der Waals surface area contributed by atoms with Crippen molar-refractivity contribution in [1.82, 2.24) is 5.32 Å². The maximum Gasteiger partial charge on any atom is 0.411 e. The number of hydrogen-bond acceptors (Lipinski definition) is 3. The maximum atomic E-state index is 12.0. The van der Waals surface area contributed by atoms with Gasteiger partial charge in [0.1, 0.15) is 12.4 Å². The second-order valence-corrected chi connectivity index (χ2v) is 4.69. The Kier molecular flexibility index (Phi) is 4.57. The highest BCUT2D eigenvalue weighted by Crippen LogP contribution is 2.29. The van der Waals surface area contributed by atoms with Crippen molar-refractivity contribution in [2.45, 2.75) is 12.2 Å². The van der Waals surface area contributed by atoms with E-state index >= 15 is 0 Å². The van der Waals surface area contributed by atoms with Crippen LogP contribution in [0.2, 0.25) is 5.02 Å². The Hall–Kier alpha value is -1.24. The summed E-state index contributed by atoms with van der Waals surface area (Å²) in [6.07, 6.45) is -4.34. The van der Waals surface area contributed by atoms with Gasteiger partial charge < -0.3 is 14.5 Å². The van der Waals surface area contributed by atoms with E-state index in [1.54, 1.807) is 25.2 Å². The van der Waals surface area contributed by atoms with E-state index in [0.717, 1.165) is 5.39 Å². The molecule has 1 atom stereocenters. The van der Waals surface area contributed by atoms with E-state index in [-0.39, 0.29) is 6.61 Å². The van der Waals surface area contributed by atoms with Gasteiger partial charge in [0.25, 0.3) is 0 Å². The van der Waals surface area contributed by atoms with Crippen LogP contribution >= 0.6 is 11.6 Å². The number of nitrogens with one attached hydrogen (secondary N) is 1. The molecule has 0 saturated heterocycles. The molecule has 3 nitrogen and oxygen atoms in total. The molecule has 1 heterocycles. The second-order valence-electron chi connectivity index (χ2n) is 4.28. The summed E-state index contributed by atoms with van der Waals surface area (Å²) < 4.78 is 46.4. The summed E-state index contributed by atoms with van der Waals surface area (Å²) in [6, 6.07) is 6.54. The first-order valence-corrected chi connectivity index (χ1v) is 6.28. The van der Waals surface area contributed by atoms with Crippen molar-refractivity contribution in [3.63, 3.8) is 0 Å². The summed E-state index contributed by atoms with van der Waals surface area (Å²) in [5.41, 5.74) is 0.514. The van der Waals surface area contributed by atoms with Crippen LogP contribution < -0.4 is 5.32 Å². The van der Waals surface area contributed by atoms with E-state index in [1.807, 2.05) is 6.07 Å². The molecule has 0 radical (unpaired) electrons. The highest BCUT2D eigenvalue weighted by molar-refractivity contribution is 6.34. The zero-order valence-electron chi connectivity index (χ0n) is 10.6. The highest BCUT2D eigenvalue weighted by atomic mass is 35.5. The lowest BCUT2D eigenvalue weighted by Gasteiger charge is -2.14. The fourth-order valence-electron chi connectivity index (χ4n) is 1.82. The molecule has 7 heteroatoms. The van der Waals surface area contributed by atoms with Crippen molar-refractivity contribution in [1.29, 1.82) is 0 Å². The molecule has 110 valence electrons. The molecular weight excluding hydrogens is 295 g/mol. The van der Waals surface area contributed by atoms with Crippen LogP contribution in [0.5, 0.6) is 0 Å². The maximum absolute atomic E-state index is 12.0. The summed E-state index contributed by atoms with van der Waals surface area (Å²) in [6.45, 7) is -1.43. The molecule has 0 aliphatic heterocycles. The summed E-state index contributed by atoms with van der Waals surface area (Å²) in [5, 5.41) is 4.11. The predicted octanol–water partition coefficient (Wildman–Crippen LogP) is 3.93. The topological polar surface area (TPSA) is 34.4 Å². The SMILES string of the molecule is CNC(COCC(F)(F)F)c1cc2cccc(Cl)c2o1. The molecule has 2 rings (SSSR count). The van der Waals surface area contributed by atoms with Crippen molar-refractivity contribution in [3.05, 3.63) is 35.0 Å².